The fourth-order valence-corrected chi connectivity index (χ4v) is 2.79. The van der Waals surface area contributed by atoms with Crippen molar-refractivity contribution in [3.8, 4) is 5.75 Å². The molecule has 1 amide bonds. The van der Waals surface area contributed by atoms with Crippen LogP contribution in [0.2, 0.25) is 0 Å². The minimum Gasteiger partial charge on any atom is -0.480 e. The van der Waals surface area contributed by atoms with E-state index in [1.165, 1.54) is 6.07 Å². The van der Waals surface area contributed by atoms with Crippen LogP contribution in [0.15, 0.2) is 11.4 Å². The maximum atomic E-state index is 11.9. The monoisotopic (exact) mass is 283 g/mol. The second-order valence-corrected chi connectivity index (χ2v) is 5.61. The fourth-order valence-electron chi connectivity index (χ4n) is 2.14. The van der Waals surface area contributed by atoms with E-state index in [1.54, 1.807) is 12.3 Å². The summed E-state index contributed by atoms with van der Waals surface area (Å²) in [6.45, 7) is 1.67. The Labute approximate surface area is 115 Å². The highest BCUT2D eigenvalue weighted by Crippen LogP contribution is 2.23. The van der Waals surface area contributed by atoms with Gasteiger partial charge in [-0.2, -0.15) is 0 Å². The molecule has 1 atom stereocenters. The number of hydrogen-bond donors (Lipinski definition) is 2. The Morgan fingerprint density at radius 3 is 2.74 bits per heavy atom. The van der Waals surface area contributed by atoms with Crippen molar-refractivity contribution in [3.05, 3.63) is 16.3 Å². The summed E-state index contributed by atoms with van der Waals surface area (Å²) in [5.41, 5.74) is 0. The van der Waals surface area contributed by atoms with Gasteiger partial charge in [0, 0.05) is 17.5 Å². The Kier molecular flexibility index (Phi) is 4.42. The standard InChI is InChI=1S/C13H17NO4S/c1-8(12(15)14-9-4-2-3-5-9)18-10-6-11(13(16)17)19-7-10/h6-9H,2-5H2,1H3,(H,14,15)(H,16,17). The number of nitrogens with one attached hydrogen (secondary N) is 1. The van der Waals surface area contributed by atoms with Crippen molar-refractivity contribution >= 4 is 23.2 Å². The van der Waals surface area contributed by atoms with Gasteiger partial charge in [0.2, 0.25) is 0 Å². The molecule has 1 heterocycles. The summed E-state index contributed by atoms with van der Waals surface area (Å²) in [5.74, 6) is -0.700. The second kappa shape index (κ2) is 6.06. The van der Waals surface area contributed by atoms with Crippen LogP contribution in [0.4, 0.5) is 0 Å². The Morgan fingerprint density at radius 2 is 2.16 bits per heavy atom. The molecule has 0 radical (unpaired) electrons. The molecule has 2 rings (SSSR count). The van der Waals surface area contributed by atoms with Gasteiger partial charge >= 0.3 is 5.97 Å². The van der Waals surface area contributed by atoms with Crippen LogP contribution in [0.25, 0.3) is 0 Å². The number of carbonyl (C=O) groups is 2. The first-order valence-electron chi connectivity index (χ1n) is 6.35. The Balaban J connectivity index is 1.86. The molecule has 0 saturated heterocycles. The Bertz CT molecular complexity index is 465. The van der Waals surface area contributed by atoms with Gasteiger partial charge in [-0.1, -0.05) is 12.8 Å². The van der Waals surface area contributed by atoms with Crippen LogP contribution in [0.5, 0.6) is 5.75 Å². The van der Waals surface area contributed by atoms with Gasteiger partial charge in [0.05, 0.1) is 0 Å². The van der Waals surface area contributed by atoms with Crippen LogP contribution < -0.4 is 10.1 Å². The summed E-state index contributed by atoms with van der Waals surface area (Å²) in [6, 6.07) is 1.70. The first-order valence-corrected chi connectivity index (χ1v) is 7.23. The van der Waals surface area contributed by atoms with Gasteiger partial charge in [0.1, 0.15) is 10.6 Å². The molecule has 1 aliphatic rings. The van der Waals surface area contributed by atoms with Crippen LogP contribution in [0.1, 0.15) is 42.3 Å². The molecule has 1 aromatic rings. The average Bonchev–Trinajstić information content (AvgIpc) is 2.99. The molecule has 19 heavy (non-hydrogen) atoms. The van der Waals surface area contributed by atoms with Crippen molar-refractivity contribution in [2.24, 2.45) is 0 Å². The third kappa shape index (κ3) is 3.70. The van der Waals surface area contributed by atoms with Crippen LogP contribution in [0.3, 0.4) is 0 Å². The molecule has 104 valence electrons. The van der Waals surface area contributed by atoms with Crippen LogP contribution >= 0.6 is 11.3 Å². The normalized spacial score (nSPS) is 17.1. The van der Waals surface area contributed by atoms with Crippen molar-refractivity contribution < 1.29 is 19.4 Å². The van der Waals surface area contributed by atoms with Gasteiger partial charge in [-0.15, -0.1) is 11.3 Å². The maximum Gasteiger partial charge on any atom is 0.346 e. The van der Waals surface area contributed by atoms with E-state index in [-0.39, 0.29) is 16.8 Å². The summed E-state index contributed by atoms with van der Waals surface area (Å²) in [5, 5.41) is 13.4. The first-order chi connectivity index (χ1) is 9.06. The molecular formula is C13H17NO4S. The molecule has 0 spiro atoms. The summed E-state index contributed by atoms with van der Waals surface area (Å²) >= 11 is 1.09. The van der Waals surface area contributed by atoms with E-state index in [2.05, 4.69) is 5.32 Å². The number of thiophene rings is 1. The summed E-state index contributed by atoms with van der Waals surface area (Å²) < 4.78 is 5.45. The lowest BCUT2D eigenvalue weighted by atomic mass is 10.2. The number of carboxylic acid groups (broad SMARTS) is 1. The zero-order valence-electron chi connectivity index (χ0n) is 10.7. The van der Waals surface area contributed by atoms with Gasteiger partial charge in [0.15, 0.2) is 6.10 Å². The van der Waals surface area contributed by atoms with Crippen molar-refractivity contribution in [1.29, 1.82) is 0 Å². The lowest BCUT2D eigenvalue weighted by molar-refractivity contribution is -0.127. The van der Waals surface area contributed by atoms with Crippen LogP contribution in [-0.2, 0) is 4.79 Å². The van der Waals surface area contributed by atoms with E-state index in [0.29, 0.717) is 5.75 Å². The molecule has 1 aliphatic carbocycles. The van der Waals surface area contributed by atoms with Crippen LogP contribution in [0, 0.1) is 0 Å². The molecule has 0 bridgehead atoms. The molecular weight excluding hydrogens is 266 g/mol. The molecule has 1 fully saturated rings. The van der Waals surface area contributed by atoms with E-state index >= 15 is 0 Å². The number of carboxylic acids is 1. The fraction of sp³-hybridized carbons (Fsp3) is 0.538. The summed E-state index contributed by atoms with van der Waals surface area (Å²) in [4.78, 5) is 22.8. The lowest BCUT2D eigenvalue weighted by Crippen LogP contribution is -2.41. The number of amides is 1. The first kappa shape index (κ1) is 13.9. The van der Waals surface area contributed by atoms with E-state index in [0.717, 1.165) is 37.0 Å². The maximum absolute atomic E-state index is 11.9. The topological polar surface area (TPSA) is 75.6 Å². The molecule has 2 N–H and O–H groups in total. The van der Waals surface area contributed by atoms with E-state index in [9.17, 15) is 9.59 Å². The third-order valence-electron chi connectivity index (χ3n) is 3.17. The number of hydrogen-bond acceptors (Lipinski definition) is 4. The van der Waals surface area contributed by atoms with E-state index in [4.69, 9.17) is 9.84 Å². The molecule has 0 aliphatic heterocycles. The highest BCUT2D eigenvalue weighted by Gasteiger charge is 2.22. The van der Waals surface area contributed by atoms with Gasteiger partial charge < -0.3 is 15.2 Å². The van der Waals surface area contributed by atoms with E-state index < -0.39 is 12.1 Å². The minimum atomic E-state index is -0.983. The highest BCUT2D eigenvalue weighted by atomic mass is 32.1. The SMILES string of the molecule is CC(Oc1csc(C(=O)O)c1)C(=O)NC1CCCC1. The zero-order valence-corrected chi connectivity index (χ0v) is 11.5. The molecule has 6 heteroatoms. The van der Waals surface area contributed by atoms with Crippen molar-refractivity contribution in [2.75, 3.05) is 0 Å². The van der Waals surface area contributed by atoms with Crippen LogP contribution in [-0.4, -0.2) is 29.1 Å². The molecule has 1 unspecified atom stereocenters. The molecule has 1 saturated carbocycles. The van der Waals surface area contributed by atoms with Gasteiger partial charge in [-0.3, -0.25) is 4.79 Å². The number of rotatable bonds is 5. The molecule has 5 nitrogen and oxygen atoms in total. The average molecular weight is 283 g/mol. The third-order valence-corrected chi connectivity index (χ3v) is 4.07. The summed E-state index contributed by atoms with van der Waals surface area (Å²) in [7, 11) is 0. The number of carbonyl (C=O) groups excluding carboxylic acids is 1. The lowest BCUT2D eigenvalue weighted by Gasteiger charge is -2.17. The Morgan fingerprint density at radius 1 is 1.47 bits per heavy atom. The van der Waals surface area contributed by atoms with Crippen molar-refractivity contribution in [1.82, 2.24) is 5.32 Å². The number of aromatic carboxylic acids is 1. The quantitative estimate of drug-likeness (QED) is 0.869. The van der Waals surface area contributed by atoms with Gasteiger partial charge in [-0.05, 0) is 19.8 Å². The van der Waals surface area contributed by atoms with Gasteiger partial charge in [-0.25, -0.2) is 4.79 Å². The van der Waals surface area contributed by atoms with Gasteiger partial charge in [0.25, 0.3) is 5.91 Å². The van der Waals surface area contributed by atoms with E-state index in [1.807, 2.05) is 0 Å². The minimum absolute atomic E-state index is 0.144. The summed E-state index contributed by atoms with van der Waals surface area (Å²) in [6.07, 6.45) is 3.76. The number of ether oxygens (including phenoxy) is 1. The van der Waals surface area contributed by atoms with Crippen molar-refractivity contribution in [2.45, 2.75) is 44.8 Å². The van der Waals surface area contributed by atoms with Crippen molar-refractivity contribution in [3.63, 3.8) is 0 Å². The second-order valence-electron chi connectivity index (χ2n) is 4.70. The zero-order chi connectivity index (χ0) is 13.8. The smallest absolute Gasteiger partial charge is 0.346 e. The Hall–Kier alpha value is -1.56. The molecule has 0 aromatic carbocycles. The predicted octanol–water partition coefficient (Wildman–Crippen LogP) is 2.27. The highest BCUT2D eigenvalue weighted by molar-refractivity contribution is 7.12. The largest absolute Gasteiger partial charge is 0.480 e. The molecule has 1 aromatic heterocycles. The predicted molar refractivity (Wildman–Crippen MR) is 71.8 cm³/mol.